The van der Waals surface area contributed by atoms with Crippen molar-refractivity contribution in [3.05, 3.63) is 36.0 Å². The Morgan fingerprint density at radius 1 is 1.32 bits per heavy atom. The highest BCUT2D eigenvalue weighted by Crippen LogP contribution is 2.21. The van der Waals surface area contributed by atoms with Gasteiger partial charge in [0.15, 0.2) is 9.34 Å². The number of nitrogens with one attached hydrogen (secondary N) is 2. The Morgan fingerprint density at radius 3 is 2.55 bits per heavy atom. The van der Waals surface area contributed by atoms with Gasteiger partial charge >= 0.3 is 0 Å². The number of anilines is 2. The molecule has 0 bridgehead atoms. The third-order valence-electron chi connectivity index (χ3n) is 2.73. The number of hydrogen-bond donors (Lipinski definition) is 3. The number of carbonyl (C=O) groups excluding carboxylic acids is 1. The van der Waals surface area contributed by atoms with Crippen LogP contribution in [-0.4, -0.2) is 25.9 Å². The van der Waals surface area contributed by atoms with Gasteiger partial charge in [-0.1, -0.05) is 23.5 Å². The first-order chi connectivity index (χ1) is 10.3. The standard InChI is InChI=1S/C13H16N4O3S2/c1-9(18)17-11-4-2-10(3-5-11)6-7-15-13-16-8-12(21-13)22(14,19)20/h2-5,8H,6-7H2,1H3,(H,15,16)(H,17,18)(H2,14,19,20). The fraction of sp³-hybridized carbons (Fsp3) is 0.231. The fourth-order valence-corrected chi connectivity index (χ4v) is 3.22. The van der Waals surface area contributed by atoms with Crippen molar-refractivity contribution in [3.8, 4) is 0 Å². The van der Waals surface area contributed by atoms with Gasteiger partial charge in [-0.25, -0.2) is 18.5 Å². The van der Waals surface area contributed by atoms with Crippen LogP contribution in [0.2, 0.25) is 0 Å². The maximum Gasteiger partial charge on any atom is 0.249 e. The second-order valence-electron chi connectivity index (χ2n) is 4.58. The first-order valence-corrected chi connectivity index (χ1v) is 8.80. The minimum Gasteiger partial charge on any atom is -0.361 e. The van der Waals surface area contributed by atoms with Crippen LogP contribution in [0.3, 0.4) is 0 Å². The highest BCUT2D eigenvalue weighted by Gasteiger charge is 2.12. The van der Waals surface area contributed by atoms with Gasteiger partial charge < -0.3 is 10.6 Å². The molecule has 2 aromatic rings. The molecule has 1 heterocycles. The second-order valence-corrected chi connectivity index (χ2v) is 7.40. The molecule has 0 atom stereocenters. The Balaban J connectivity index is 1.86. The van der Waals surface area contributed by atoms with E-state index in [1.807, 2.05) is 24.3 Å². The number of aromatic nitrogens is 1. The molecule has 0 aliphatic carbocycles. The second kappa shape index (κ2) is 6.86. The van der Waals surface area contributed by atoms with Crippen molar-refractivity contribution in [2.24, 2.45) is 5.14 Å². The number of amides is 1. The zero-order valence-corrected chi connectivity index (χ0v) is 13.5. The summed E-state index contributed by atoms with van der Waals surface area (Å²) >= 11 is 1.00. The number of rotatable bonds is 6. The number of primary sulfonamides is 1. The number of hydrogen-bond acceptors (Lipinski definition) is 6. The molecular weight excluding hydrogens is 324 g/mol. The van der Waals surface area contributed by atoms with E-state index in [1.165, 1.54) is 13.1 Å². The normalized spacial score (nSPS) is 11.2. The molecule has 0 saturated heterocycles. The molecule has 0 aliphatic rings. The molecule has 0 saturated carbocycles. The molecule has 22 heavy (non-hydrogen) atoms. The maximum absolute atomic E-state index is 11.1. The van der Waals surface area contributed by atoms with Gasteiger partial charge in [0.05, 0.1) is 6.20 Å². The Morgan fingerprint density at radius 2 is 2.00 bits per heavy atom. The zero-order valence-electron chi connectivity index (χ0n) is 11.9. The number of carbonyl (C=O) groups is 1. The minimum absolute atomic E-state index is 0.0367. The van der Waals surface area contributed by atoms with Gasteiger partial charge in [-0.15, -0.1) is 0 Å². The summed E-state index contributed by atoms with van der Waals surface area (Å²) in [6, 6.07) is 7.51. The summed E-state index contributed by atoms with van der Waals surface area (Å²) in [5.74, 6) is -0.108. The molecule has 0 aliphatic heterocycles. The lowest BCUT2D eigenvalue weighted by Crippen LogP contribution is -2.10. The van der Waals surface area contributed by atoms with Crippen LogP contribution in [0, 0.1) is 0 Å². The lowest BCUT2D eigenvalue weighted by atomic mass is 10.1. The molecule has 1 aromatic carbocycles. The zero-order chi connectivity index (χ0) is 16.2. The SMILES string of the molecule is CC(=O)Nc1ccc(CCNc2ncc(S(N)(=O)=O)s2)cc1. The first-order valence-electron chi connectivity index (χ1n) is 6.43. The van der Waals surface area contributed by atoms with Gasteiger partial charge in [0.25, 0.3) is 0 Å². The monoisotopic (exact) mass is 340 g/mol. The third kappa shape index (κ3) is 4.79. The van der Waals surface area contributed by atoms with Crippen molar-refractivity contribution < 1.29 is 13.2 Å². The van der Waals surface area contributed by atoms with Gasteiger partial charge in [0, 0.05) is 19.2 Å². The van der Waals surface area contributed by atoms with E-state index in [2.05, 4.69) is 15.6 Å². The summed E-state index contributed by atoms with van der Waals surface area (Å²) in [4.78, 5) is 14.9. The average Bonchev–Trinajstić information content (AvgIpc) is 2.89. The Bertz CT molecular complexity index is 754. The van der Waals surface area contributed by atoms with E-state index < -0.39 is 10.0 Å². The van der Waals surface area contributed by atoms with Crippen molar-refractivity contribution in [3.63, 3.8) is 0 Å². The van der Waals surface area contributed by atoms with Crippen molar-refractivity contribution in [1.82, 2.24) is 4.98 Å². The fourth-order valence-electron chi connectivity index (χ4n) is 1.74. The van der Waals surface area contributed by atoms with Crippen molar-refractivity contribution in [1.29, 1.82) is 0 Å². The molecule has 1 aromatic heterocycles. The van der Waals surface area contributed by atoms with Crippen molar-refractivity contribution in [2.45, 2.75) is 17.6 Å². The van der Waals surface area contributed by atoms with E-state index in [0.29, 0.717) is 11.7 Å². The van der Waals surface area contributed by atoms with E-state index in [9.17, 15) is 13.2 Å². The molecule has 4 N–H and O–H groups in total. The van der Waals surface area contributed by atoms with E-state index in [0.717, 1.165) is 29.0 Å². The van der Waals surface area contributed by atoms with E-state index in [4.69, 9.17) is 5.14 Å². The topological polar surface area (TPSA) is 114 Å². The lowest BCUT2D eigenvalue weighted by molar-refractivity contribution is -0.114. The quantitative estimate of drug-likeness (QED) is 0.735. The predicted molar refractivity (Wildman–Crippen MR) is 86.4 cm³/mol. The smallest absolute Gasteiger partial charge is 0.249 e. The molecule has 0 fully saturated rings. The van der Waals surface area contributed by atoms with Crippen molar-refractivity contribution >= 4 is 38.1 Å². The summed E-state index contributed by atoms with van der Waals surface area (Å²) in [6.07, 6.45) is 1.98. The van der Waals surface area contributed by atoms with Gasteiger partial charge in [0.2, 0.25) is 15.9 Å². The van der Waals surface area contributed by atoms with E-state index >= 15 is 0 Å². The lowest BCUT2D eigenvalue weighted by Gasteiger charge is -2.05. The molecule has 7 nitrogen and oxygen atoms in total. The Hall–Kier alpha value is -1.97. The molecule has 118 valence electrons. The Kier molecular flexibility index (Phi) is 5.11. The average molecular weight is 340 g/mol. The molecule has 1 amide bonds. The number of benzene rings is 1. The van der Waals surface area contributed by atoms with E-state index in [1.54, 1.807) is 0 Å². The van der Waals surface area contributed by atoms with Crippen LogP contribution in [0.25, 0.3) is 0 Å². The van der Waals surface area contributed by atoms with Crippen LogP contribution < -0.4 is 15.8 Å². The molecule has 0 radical (unpaired) electrons. The van der Waals surface area contributed by atoms with Crippen molar-refractivity contribution in [2.75, 3.05) is 17.2 Å². The largest absolute Gasteiger partial charge is 0.361 e. The van der Waals surface area contributed by atoms with Crippen LogP contribution in [0.5, 0.6) is 0 Å². The van der Waals surface area contributed by atoms with Crippen LogP contribution in [-0.2, 0) is 21.2 Å². The van der Waals surface area contributed by atoms with Crippen LogP contribution in [0.15, 0.2) is 34.7 Å². The summed E-state index contributed by atoms with van der Waals surface area (Å²) in [7, 11) is -3.69. The molecule has 0 unspecified atom stereocenters. The molecule has 2 rings (SSSR count). The van der Waals surface area contributed by atoms with Crippen LogP contribution >= 0.6 is 11.3 Å². The summed E-state index contributed by atoms with van der Waals surface area (Å²) in [5, 5.41) is 11.3. The minimum atomic E-state index is -3.69. The third-order valence-corrected chi connectivity index (χ3v) is 5.09. The predicted octanol–water partition coefficient (Wildman–Crippen LogP) is 1.40. The molecule has 0 spiro atoms. The summed E-state index contributed by atoms with van der Waals surface area (Å²) in [6.45, 7) is 2.07. The summed E-state index contributed by atoms with van der Waals surface area (Å²) < 4.78 is 22.3. The van der Waals surface area contributed by atoms with E-state index in [-0.39, 0.29) is 10.1 Å². The number of nitrogens with two attached hydrogens (primary N) is 1. The molecular formula is C13H16N4O3S2. The van der Waals surface area contributed by atoms with Crippen LogP contribution in [0.1, 0.15) is 12.5 Å². The molecule has 9 heteroatoms. The van der Waals surface area contributed by atoms with Gasteiger partial charge in [-0.2, -0.15) is 0 Å². The Labute approximate surface area is 132 Å². The summed E-state index contributed by atoms with van der Waals surface area (Å²) in [5.41, 5.74) is 1.84. The van der Waals surface area contributed by atoms with Gasteiger partial charge in [-0.05, 0) is 24.1 Å². The van der Waals surface area contributed by atoms with Crippen LogP contribution in [0.4, 0.5) is 10.8 Å². The first kappa shape index (κ1) is 16.4. The maximum atomic E-state index is 11.1. The van der Waals surface area contributed by atoms with Gasteiger partial charge in [-0.3, -0.25) is 4.79 Å². The number of sulfonamides is 1. The number of thiazole rings is 1. The number of nitrogens with zero attached hydrogens (tertiary/aromatic N) is 1. The highest BCUT2D eigenvalue weighted by molar-refractivity contribution is 7.91. The highest BCUT2D eigenvalue weighted by atomic mass is 32.2. The van der Waals surface area contributed by atoms with Gasteiger partial charge in [0.1, 0.15) is 0 Å².